The Morgan fingerprint density at radius 2 is 1.50 bits per heavy atom. The zero-order chi connectivity index (χ0) is 23.1. The van der Waals surface area contributed by atoms with Gasteiger partial charge in [0.15, 0.2) is 18.1 Å². The first-order chi connectivity index (χ1) is 15.4. The lowest BCUT2D eigenvalue weighted by Gasteiger charge is -2.15. The number of ether oxygens (including phenoxy) is 2. The number of carbonyl (C=O) groups is 1. The van der Waals surface area contributed by atoms with Gasteiger partial charge in [-0.2, -0.15) is 0 Å². The van der Waals surface area contributed by atoms with E-state index in [1.54, 1.807) is 12.1 Å². The van der Waals surface area contributed by atoms with Crippen molar-refractivity contribution in [3.8, 4) is 11.5 Å². The molecular formula is C25H26Cl2N2O3. The van der Waals surface area contributed by atoms with Crippen LogP contribution in [-0.4, -0.2) is 19.1 Å². The SMILES string of the molecule is CCOc1cc(CNc2cc(Cl)ccc2C)ccc1OCC(=O)Nc1cc(Cl)ccc1C. The van der Waals surface area contributed by atoms with Gasteiger partial charge in [-0.05, 0) is 73.9 Å². The molecule has 0 fully saturated rings. The van der Waals surface area contributed by atoms with Crippen molar-refractivity contribution in [1.82, 2.24) is 0 Å². The van der Waals surface area contributed by atoms with Crippen LogP contribution < -0.4 is 20.1 Å². The van der Waals surface area contributed by atoms with Gasteiger partial charge in [-0.15, -0.1) is 0 Å². The Balaban J connectivity index is 1.64. The molecule has 1 amide bonds. The number of hydrogen-bond acceptors (Lipinski definition) is 4. The van der Waals surface area contributed by atoms with E-state index < -0.39 is 0 Å². The van der Waals surface area contributed by atoms with Crippen LogP contribution in [0.3, 0.4) is 0 Å². The van der Waals surface area contributed by atoms with Crippen LogP contribution in [-0.2, 0) is 11.3 Å². The molecule has 3 aromatic rings. The molecule has 0 aliphatic rings. The second-order valence-corrected chi connectivity index (χ2v) is 8.20. The zero-order valence-corrected chi connectivity index (χ0v) is 19.8. The Kier molecular flexibility index (Phi) is 8.26. The third-order valence-electron chi connectivity index (χ3n) is 4.82. The van der Waals surface area contributed by atoms with E-state index in [0.717, 1.165) is 22.4 Å². The molecule has 3 rings (SSSR count). The predicted molar refractivity (Wildman–Crippen MR) is 131 cm³/mol. The van der Waals surface area contributed by atoms with E-state index in [1.807, 2.05) is 63.2 Å². The summed E-state index contributed by atoms with van der Waals surface area (Å²) in [5.41, 5.74) is 4.68. The summed E-state index contributed by atoms with van der Waals surface area (Å²) in [5.74, 6) is 0.814. The molecule has 0 saturated heterocycles. The van der Waals surface area contributed by atoms with Crippen LogP contribution in [0, 0.1) is 13.8 Å². The molecule has 0 bridgehead atoms. The molecule has 0 radical (unpaired) electrons. The highest BCUT2D eigenvalue weighted by Crippen LogP contribution is 2.29. The molecule has 3 aromatic carbocycles. The predicted octanol–water partition coefficient (Wildman–Crippen LogP) is 6.64. The average Bonchev–Trinajstić information content (AvgIpc) is 2.76. The lowest BCUT2D eigenvalue weighted by Crippen LogP contribution is -2.21. The van der Waals surface area contributed by atoms with E-state index in [4.69, 9.17) is 32.7 Å². The second kappa shape index (κ2) is 11.1. The third kappa shape index (κ3) is 6.55. The highest BCUT2D eigenvalue weighted by molar-refractivity contribution is 6.31. The first-order valence-corrected chi connectivity index (χ1v) is 11.1. The van der Waals surface area contributed by atoms with Gasteiger partial charge in [0.1, 0.15) is 0 Å². The van der Waals surface area contributed by atoms with Crippen molar-refractivity contribution in [2.75, 3.05) is 23.8 Å². The summed E-state index contributed by atoms with van der Waals surface area (Å²) in [4.78, 5) is 12.4. The molecule has 0 aromatic heterocycles. The highest BCUT2D eigenvalue weighted by Gasteiger charge is 2.11. The standard InChI is InChI=1S/C25H26Cl2N2O3/c1-4-31-24-11-18(14-28-21-12-19(26)8-5-16(21)2)7-10-23(24)32-15-25(30)29-22-13-20(27)9-6-17(22)3/h5-13,28H,4,14-15H2,1-3H3,(H,29,30). The largest absolute Gasteiger partial charge is 0.490 e. The second-order valence-electron chi connectivity index (χ2n) is 7.32. The quantitative estimate of drug-likeness (QED) is 0.366. The minimum Gasteiger partial charge on any atom is -0.490 e. The summed E-state index contributed by atoms with van der Waals surface area (Å²) in [6, 6.07) is 16.7. The summed E-state index contributed by atoms with van der Waals surface area (Å²) in [6.45, 7) is 6.75. The lowest BCUT2D eigenvalue weighted by atomic mass is 10.1. The Morgan fingerprint density at radius 1 is 0.844 bits per heavy atom. The van der Waals surface area contributed by atoms with Gasteiger partial charge in [-0.3, -0.25) is 4.79 Å². The average molecular weight is 473 g/mol. The fourth-order valence-corrected chi connectivity index (χ4v) is 3.43. The van der Waals surface area contributed by atoms with E-state index in [2.05, 4.69) is 10.6 Å². The van der Waals surface area contributed by atoms with Crippen LogP contribution in [0.25, 0.3) is 0 Å². The van der Waals surface area contributed by atoms with E-state index in [0.29, 0.717) is 40.4 Å². The molecule has 0 spiro atoms. The van der Waals surface area contributed by atoms with E-state index in [-0.39, 0.29) is 12.5 Å². The van der Waals surface area contributed by atoms with Crippen molar-refractivity contribution >= 4 is 40.5 Å². The maximum Gasteiger partial charge on any atom is 0.262 e. The Hall–Kier alpha value is -2.89. The van der Waals surface area contributed by atoms with Gasteiger partial charge in [-0.1, -0.05) is 41.4 Å². The molecule has 7 heteroatoms. The Labute approximate surface area is 198 Å². The summed E-state index contributed by atoms with van der Waals surface area (Å²) in [7, 11) is 0. The topological polar surface area (TPSA) is 59.6 Å². The van der Waals surface area contributed by atoms with Crippen LogP contribution >= 0.6 is 23.2 Å². The smallest absolute Gasteiger partial charge is 0.262 e. The molecule has 0 unspecified atom stereocenters. The summed E-state index contributed by atoms with van der Waals surface area (Å²) < 4.78 is 11.5. The van der Waals surface area contributed by atoms with Crippen LogP contribution in [0.2, 0.25) is 10.0 Å². The first-order valence-electron chi connectivity index (χ1n) is 10.3. The molecular weight excluding hydrogens is 447 g/mol. The van der Waals surface area contributed by atoms with Gasteiger partial charge < -0.3 is 20.1 Å². The number of benzene rings is 3. The van der Waals surface area contributed by atoms with Crippen LogP contribution in [0.4, 0.5) is 11.4 Å². The fourth-order valence-electron chi connectivity index (χ4n) is 3.09. The van der Waals surface area contributed by atoms with Crippen LogP contribution in [0.15, 0.2) is 54.6 Å². The fraction of sp³-hybridized carbons (Fsp3) is 0.240. The van der Waals surface area contributed by atoms with Crippen molar-refractivity contribution in [2.45, 2.75) is 27.3 Å². The zero-order valence-electron chi connectivity index (χ0n) is 18.3. The first kappa shape index (κ1) is 23.8. The van der Waals surface area contributed by atoms with E-state index in [9.17, 15) is 4.79 Å². The van der Waals surface area contributed by atoms with Gasteiger partial charge in [0.25, 0.3) is 5.91 Å². The van der Waals surface area contributed by atoms with Crippen LogP contribution in [0.1, 0.15) is 23.6 Å². The van der Waals surface area contributed by atoms with Crippen molar-refractivity contribution in [3.05, 3.63) is 81.3 Å². The molecule has 0 aliphatic carbocycles. The van der Waals surface area contributed by atoms with Crippen molar-refractivity contribution in [1.29, 1.82) is 0 Å². The minimum atomic E-state index is -0.278. The van der Waals surface area contributed by atoms with E-state index >= 15 is 0 Å². The number of halogens is 2. The summed E-state index contributed by atoms with van der Waals surface area (Å²) >= 11 is 12.1. The third-order valence-corrected chi connectivity index (χ3v) is 5.29. The van der Waals surface area contributed by atoms with Crippen LogP contribution in [0.5, 0.6) is 11.5 Å². The monoisotopic (exact) mass is 472 g/mol. The van der Waals surface area contributed by atoms with Crippen molar-refractivity contribution in [3.63, 3.8) is 0 Å². The molecule has 168 valence electrons. The van der Waals surface area contributed by atoms with Gasteiger partial charge in [-0.25, -0.2) is 0 Å². The molecule has 32 heavy (non-hydrogen) atoms. The Morgan fingerprint density at radius 3 is 2.19 bits per heavy atom. The maximum atomic E-state index is 12.4. The normalized spacial score (nSPS) is 10.5. The Bertz CT molecular complexity index is 1100. The highest BCUT2D eigenvalue weighted by atomic mass is 35.5. The number of carbonyl (C=O) groups excluding carboxylic acids is 1. The lowest BCUT2D eigenvalue weighted by molar-refractivity contribution is -0.118. The number of amides is 1. The molecule has 2 N–H and O–H groups in total. The van der Waals surface area contributed by atoms with Gasteiger partial charge in [0, 0.05) is 28.0 Å². The minimum absolute atomic E-state index is 0.147. The number of anilines is 2. The van der Waals surface area contributed by atoms with E-state index in [1.165, 1.54) is 0 Å². The summed E-state index contributed by atoms with van der Waals surface area (Å²) in [5, 5.41) is 7.45. The van der Waals surface area contributed by atoms with Gasteiger partial charge in [0.05, 0.1) is 6.61 Å². The molecule has 0 saturated carbocycles. The maximum absolute atomic E-state index is 12.4. The van der Waals surface area contributed by atoms with Crippen molar-refractivity contribution in [2.24, 2.45) is 0 Å². The molecule has 5 nitrogen and oxygen atoms in total. The number of rotatable bonds is 9. The number of hydrogen-bond donors (Lipinski definition) is 2. The van der Waals surface area contributed by atoms with Gasteiger partial charge >= 0.3 is 0 Å². The molecule has 0 heterocycles. The van der Waals surface area contributed by atoms with Crippen molar-refractivity contribution < 1.29 is 14.3 Å². The van der Waals surface area contributed by atoms with Gasteiger partial charge in [0.2, 0.25) is 0 Å². The molecule has 0 aliphatic heterocycles. The number of aryl methyl sites for hydroxylation is 2. The molecule has 0 atom stereocenters. The number of nitrogens with one attached hydrogen (secondary N) is 2. The summed E-state index contributed by atoms with van der Waals surface area (Å²) in [6.07, 6.45) is 0.